The molecule has 68 valence electrons. The molecule has 0 N–H and O–H groups in total. The van der Waals surface area contributed by atoms with Crippen molar-refractivity contribution in [2.45, 2.75) is 25.7 Å². The molecule has 0 bridgehead atoms. The fourth-order valence-electron chi connectivity index (χ4n) is 0.938. The number of nitrogens with zero attached hydrogens (tertiary/aromatic N) is 1. The maximum absolute atomic E-state index is 4.93. The molecule has 0 rings (SSSR count). The highest BCUT2D eigenvalue weighted by molar-refractivity contribution is 14.1. The van der Waals surface area contributed by atoms with Gasteiger partial charge in [0, 0.05) is 0 Å². The van der Waals surface area contributed by atoms with Crippen LogP contribution in [-0.2, 0) is 3.07 Å². The van der Waals surface area contributed by atoms with Crippen molar-refractivity contribution in [2.75, 3.05) is 27.2 Å². The molecule has 0 aliphatic carbocycles. The molecule has 0 fully saturated rings. The second-order valence-corrected chi connectivity index (χ2v) is 3.65. The average molecular weight is 271 g/mol. The van der Waals surface area contributed by atoms with Crippen molar-refractivity contribution < 1.29 is 3.07 Å². The maximum atomic E-state index is 4.93. The largest absolute Gasteiger partial charge is 0.316 e. The van der Waals surface area contributed by atoms with Crippen molar-refractivity contribution in [1.82, 2.24) is 4.90 Å². The molecule has 0 saturated heterocycles. The van der Waals surface area contributed by atoms with E-state index in [4.69, 9.17) is 3.07 Å². The van der Waals surface area contributed by atoms with Gasteiger partial charge in [0.2, 0.25) is 0 Å². The van der Waals surface area contributed by atoms with Crippen LogP contribution in [0.2, 0.25) is 0 Å². The minimum absolute atomic E-state index is 0.905. The number of halogens is 1. The molecule has 0 spiro atoms. The normalized spacial score (nSPS) is 10.9. The van der Waals surface area contributed by atoms with Crippen LogP contribution < -0.4 is 0 Å². The lowest BCUT2D eigenvalue weighted by molar-refractivity contribution is 0.373. The van der Waals surface area contributed by atoms with E-state index in [9.17, 15) is 0 Å². The average Bonchev–Trinajstić information content (AvgIpc) is 1.96. The second kappa shape index (κ2) is 8.74. The van der Waals surface area contributed by atoms with Gasteiger partial charge in [-0.25, -0.2) is 0 Å². The molecule has 0 aliphatic heterocycles. The molecule has 3 heteroatoms. The van der Waals surface area contributed by atoms with Gasteiger partial charge < -0.3 is 7.97 Å². The van der Waals surface area contributed by atoms with E-state index in [0.717, 1.165) is 6.61 Å². The minimum Gasteiger partial charge on any atom is -0.316 e. The first-order valence-corrected chi connectivity index (χ1v) is 5.03. The number of rotatable bonds is 7. The van der Waals surface area contributed by atoms with E-state index in [1.807, 2.05) is 23.0 Å². The third-order valence-electron chi connectivity index (χ3n) is 1.58. The van der Waals surface area contributed by atoms with E-state index in [-0.39, 0.29) is 0 Å². The molecule has 0 radical (unpaired) electrons. The van der Waals surface area contributed by atoms with E-state index in [1.165, 1.54) is 32.2 Å². The Kier molecular flexibility index (Phi) is 9.26. The van der Waals surface area contributed by atoms with Crippen LogP contribution in [0.15, 0.2) is 0 Å². The quantitative estimate of drug-likeness (QED) is 0.521. The SMILES string of the molecule is CN(C)CCCCCCOI. The Labute approximate surface area is 84.0 Å². The fraction of sp³-hybridized carbons (Fsp3) is 1.00. The van der Waals surface area contributed by atoms with E-state index in [0.29, 0.717) is 0 Å². The molecule has 0 atom stereocenters. The van der Waals surface area contributed by atoms with E-state index in [1.54, 1.807) is 0 Å². The van der Waals surface area contributed by atoms with Gasteiger partial charge >= 0.3 is 0 Å². The molecule has 0 saturated carbocycles. The van der Waals surface area contributed by atoms with Gasteiger partial charge in [0.05, 0.1) is 6.61 Å². The smallest absolute Gasteiger partial charge is 0.109 e. The predicted octanol–water partition coefficient (Wildman–Crippen LogP) is 2.48. The van der Waals surface area contributed by atoms with Crippen molar-refractivity contribution >= 4 is 23.0 Å². The number of unbranched alkanes of at least 4 members (excludes halogenated alkanes) is 3. The zero-order valence-electron chi connectivity index (χ0n) is 7.48. The van der Waals surface area contributed by atoms with Crippen LogP contribution in [0.1, 0.15) is 25.7 Å². The molecule has 0 amide bonds. The van der Waals surface area contributed by atoms with E-state index >= 15 is 0 Å². The zero-order valence-corrected chi connectivity index (χ0v) is 9.63. The minimum atomic E-state index is 0.905. The maximum Gasteiger partial charge on any atom is 0.109 e. The molecule has 0 unspecified atom stereocenters. The summed E-state index contributed by atoms with van der Waals surface area (Å²) in [6.45, 7) is 2.12. The Balaban J connectivity index is 2.80. The van der Waals surface area contributed by atoms with Crippen molar-refractivity contribution in [3.8, 4) is 0 Å². The monoisotopic (exact) mass is 271 g/mol. The van der Waals surface area contributed by atoms with Gasteiger partial charge in [-0.1, -0.05) is 12.8 Å². The molecular formula is C8H18INO. The van der Waals surface area contributed by atoms with Crippen LogP contribution >= 0.6 is 23.0 Å². The molecule has 0 aromatic heterocycles. The van der Waals surface area contributed by atoms with E-state index < -0.39 is 0 Å². The molecular weight excluding hydrogens is 253 g/mol. The highest BCUT2D eigenvalue weighted by atomic mass is 127. The second-order valence-electron chi connectivity index (χ2n) is 3.03. The van der Waals surface area contributed by atoms with Gasteiger partial charge in [-0.15, -0.1) is 0 Å². The van der Waals surface area contributed by atoms with Crippen LogP contribution in [-0.4, -0.2) is 32.1 Å². The van der Waals surface area contributed by atoms with E-state index in [2.05, 4.69) is 19.0 Å². The number of hydrogen-bond donors (Lipinski definition) is 0. The Morgan fingerprint density at radius 2 is 1.73 bits per heavy atom. The predicted molar refractivity (Wildman–Crippen MR) is 57.0 cm³/mol. The van der Waals surface area contributed by atoms with Crippen LogP contribution in [0.25, 0.3) is 0 Å². The van der Waals surface area contributed by atoms with Crippen molar-refractivity contribution in [1.29, 1.82) is 0 Å². The van der Waals surface area contributed by atoms with Gasteiger partial charge in [0.15, 0.2) is 0 Å². The summed E-state index contributed by atoms with van der Waals surface area (Å²) in [5, 5.41) is 0. The van der Waals surface area contributed by atoms with Crippen LogP contribution in [0.4, 0.5) is 0 Å². The van der Waals surface area contributed by atoms with Gasteiger partial charge in [-0.05, 0) is 33.5 Å². The molecule has 0 aromatic rings. The zero-order chi connectivity index (χ0) is 8.53. The summed E-state index contributed by atoms with van der Waals surface area (Å²) in [5.74, 6) is 0. The first-order valence-electron chi connectivity index (χ1n) is 4.15. The summed E-state index contributed by atoms with van der Waals surface area (Å²) < 4.78 is 4.93. The highest BCUT2D eigenvalue weighted by Crippen LogP contribution is 2.01. The standard InChI is InChI=1S/C8H18INO/c1-10(2)7-5-3-4-6-8-11-9/h3-8H2,1-2H3. The third kappa shape index (κ3) is 10.7. The van der Waals surface area contributed by atoms with Gasteiger partial charge in [-0.2, -0.15) is 0 Å². The Bertz CT molecular complexity index is 78.5. The van der Waals surface area contributed by atoms with Gasteiger partial charge in [0.1, 0.15) is 23.0 Å². The van der Waals surface area contributed by atoms with Crippen molar-refractivity contribution in [2.24, 2.45) is 0 Å². The first-order chi connectivity index (χ1) is 5.27. The van der Waals surface area contributed by atoms with Gasteiger partial charge in [-0.3, -0.25) is 0 Å². The van der Waals surface area contributed by atoms with Crippen LogP contribution in [0, 0.1) is 0 Å². The summed E-state index contributed by atoms with van der Waals surface area (Å²) in [7, 11) is 4.24. The molecule has 2 nitrogen and oxygen atoms in total. The topological polar surface area (TPSA) is 12.5 Å². The van der Waals surface area contributed by atoms with Gasteiger partial charge in [0.25, 0.3) is 0 Å². The first kappa shape index (κ1) is 11.6. The lowest BCUT2D eigenvalue weighted by Gasteiger charge is -2.07. The third-order valence-corrected chi connectivity index (χ3v) is 2.02. The lowest BCUT2D eigenvalue weighted by Crippen LogP contribution is -2.12. The fourth-order valence-corrected chi connectivity index (χ4v) is 1.25. The van der Waals surface area contributed by atoms with Crippen molar-refractivity contribution in [3.63, 3.8) is 0 Å². The molecule has 0 aromatic carbocycles. The lowest BCUT2D eigenvalue weighted by atomic mass is 10.2. The summed E-state index contributed by atoms with van der Waals surface area (Å²) in [4.78, 5) is 2.23. The Hall–Kier alpha value is 0.650. The Morgan fingerprint density at radius 1 is 1.09 bits per heavy atom. The molecule has 0 heterocycles. The summed E-state index contributed by atoms with van der Waals surface area (Å²) in [5.41, 5.74) is 0. The summed E-state index contributed by atoms with van der Waals surface area (Å²) in [6, 6.07) is 0. The summed E-state index contributed by atoms with van der Waals surface area (Å²) in [6.07, 6.45) is 5.15. The highest BCUT2D eigenvalue weighted by Gasteiger charge is 1.91. The number of hydrogen-bond acceptors (Lipinski definition) is 2. The molecule has 0 aliphatic rings. The van der Waals surface area contributed by atoms with Crippen LogP contribution in [0.3, 0.4) is 0 Å². The Morgan fingerprint density at radius 3 is 2.27 bits per heavy atom. The van der Waals surface area contributed by atoms with Crippen molar-refractivity contribution in [3.05, 3.63) is 0 Å². The van der Waals surface area contributed by atoms with Crippen LogP contribution in [0.5, 0.6) is 0 Å². The summed E-state index contributed by atoms with van der Waals surface area (Å²) >= 11 is 1.95. The molecule has 11 heavy (non-hydrogen) atoms.